The standard InChI is InChI=1S/C23H29FN2O/c1-23(2,3)19-6-4-17(5-7-19)16-18-12-14-26(15-13-18)22(27)25-21-10-8-20(24)9-11-21/h4-11,18H,12-16H2,1-3H3,(H,25,27). The minimum atomic E-state index is -0.302. The molecule has 0 aliphatic carbocycles. The summed E-state index contributed by atoms with van der Waals surface area (Å²) in [5.74, 6) is 0.310. The van der Waals surface area contributed by atoms with Crippen LogP contribution in [-0.4, -0.2) is 24.0 Å². The number of rotatable bonds is 3. The quantitative estimate of drug-likeness (QED) is 0.750. The molecule has 2 aromatic carbocycles. The van der Waals surface area contributed by atoms with Gasteiger partial charge in [-0.3, -0.25) is 0 Å². The average Bonchev–Trinajstić information content (AvgIpc) is 2.64. The number of benzene rings is 2. The maximum absolute atomic E-state index is 13.0. The number of nitrogens with zero attached hydrogens (tertiary/aromatic N) is 1. The predicted molar refractivity (Wildman–Crippen MR) is 109 cm³/mol. The summed E-state index contributed by atoms with van der Waals surface area (Å²) in [4.78, 5) is 14.2. The van der Waals surface area contributed by atoms with Crippen molar-refractivity contribution in [2.45, 2.75) is 45.4 Å². The summed E-state index contributed by atoms with van der Waals surface area (Å²) in [5.41, 5.74) is 3.54. The molecule has 0 saturated carbocycles. The third-order valence-electron chi connectivity index (χ3n) is 5.34. The minimum Gasteiger partial charge on any atom is -0.325 e. The van der Waals surface area contributed by atoms with Gasteiger partial charge in [-0.1, -0.05) is 45.0 Å². The molecule has 0 radical (unpaired) electrons. The fourth-order valence-electron chi connectivity index (χ4n) is 3.55. The first-order valence-electron chi connectivity index (χ1n) is 9.72. The van der Waals surface area contributed by atoms with E-state index in [1.165, 1.54) is 23.3 Å². The first kappa shape index (κ1) is 19.4. The third kappa shape index (κ3) is 5.31. The third-order valence-corrected chi connectivity index (χ3v) is 5.34. The van der Waals surface area contributed by atoms with Gasteiger partial charge in [0.1, 0.15) is 5.82 Å². The van der Waals surface area contributed by atoms with Gasteiger partial charge in [0.15, 0.2) is 0 Å². The van der Waals surface area contributed by atoms with Crippen molar-refractivity contribution >= 4 is 11.7 Å². The highest BCUT2D eigenvalue weighted by atomic mass is 19.1. The van der Waals surface area contributed by atoms with Crippen LogP contribution in [-0.2, 0) is 11.8 Å². The van der Waals surface area contributed by atoms with E-state index in [9.17, 15) is 9.18 Å². The molecule has 1 saturated heterocycles. The fraction of sp³-hybridized carbons (Fsp3) is 0.435. The van der Waals surface area contributed by atoms with Gasteiger partial charge in [-0.05, 0) is 66.0 Å². The van der Waals surface area contributed by atoms with E-state index in [4.69, 9.17) is 0 Å². The summed E-state index contributed by atoms with van der Waals surface area (Å²) in [6, 6.07) is 14.7. The van der Waals surface area contributed by atoms with Crippen LogP contribution in [0.5, 0.6) is 0 Å². The number of halogens is 1. The molecule has 0 spiro atoms. The Bertz CT molecular complexity index is 754. The van der Waals surface area contributed by atoms with Crippen LogP contribution >= 0.6 is 0 Å². The molecule has 1 aliphatic heterocycles. The summed E-state index contributed by atoms with van der Waals surface area (Å²) < 4.78 is 13.0. The molecule has 144 valence electrons. The average molecular weight is 368 g/mol. The van der Waals surface area contributed by atoms with Crippen LogP contribution in [0.3, 0.4) is 0 Å². The Balaban J connectivity index is 1.48. The van der Waals surface area contributed by atoms with Crippen molar-refractivity contribution in [2.24, 2.45) is 5.92 Å². The summed E-state index contributed by atoms with van der Waals surface area (Å²) in [5, 5.41) is 2.84. The summed E-state index contributed by atoms with van der Waals surface area (Å²) in [6.45, 7) is 8.22. The number of piperidine rings is 1. The summed E-state index contributed by atoms with van der Waals surface area (Å²) in [7, 11) is 0. The van der Waals surface area contributed by atoms with Crippen LogP contribution in [0.4, 0.5) is 14.9 Å². The van der Waals surface area contributed by atoms with E-state index < -0.39 is 0 Å². The van der Waals surface area contributed by atoms with Crippen LogP contribution < -0.4 is 5.32 Å². The summed E-state index contributed by atoms with van der Waals surface area (Å²) >= 11 is 0. The molecule has 1 N–H and O–H groups in total. The van der Waals surface area contributed by atoms with Crippen LogP contribution in [0.2, 0.25) is 0 Å². The molecule has 2 aromatic rings. The molecule has 2 amide bonds. The van der Waals surface area contributed by atoms with E-state index >= 15 is 0 Å². The maximum Gasteiger partial charge on any atom is 0.321 e. The van der Waals surface area contributed by atoms with Gasteiger partial charge in [0.2, 0.25) is 0 Å². The zero-order valence-corrected chi connectivity index (χ0v) is 16.5. The van der Waals surface area contributed by atoms with E-state index in [0.717, 1.165) is 32.4 Å². The zero-order valence-electron chi connectivity index (χ0n) is 16.5. The zero-order chi connectivity index (χ0) is 19.4. The first-order chi connectivity index (χ1) is 12.8. The van der Waals surface area contributed by atoms with Crippen molar-refractivity contribution in [3.05, 3.63) is 65.5 Å². The van der Waals surface area contributed by atoms with Gasteiger partial charge in [-0.25, -0.2) is 9.18 Å². The van der Waals surface area contributed by atoms with E-state index in [1.54, 1.807) is 12.1 Å². The monoisotopic (exact) mass is 368 g/mol. The molecular formula is C23H29FN2O. The van der Waals surface area contributed by atoms with Crippen LogP contribution in [0.25, 0.3) is 0 Å². The highest BCUT2D eigenvalue weighted by molar-refractivity contribution is 5.89. The van der Waals surface area contributed by atoms with Crippen molar-refractivity contribution in [3.8, 4) is 0 Å². The Morgan fingerprint density at radius 3 is 2.19 bits per heavy atom. The number of carbonyl (C=O) groups is 1. The molecule has 3 nitrogen and oxygen atoms in total. The number of urea groups is 1. The fourth-order valence-corrected chi connectivity index (χ4v) is 3.55. The Morgan fingerprint density at radius 1 is 1.04 bits per heavy atom. The van der Waals surface area contributed by atoms with E-state index in [0.29, 0.717) is 11.6 Å². The molecular weight excluding hydrogens is 339 g/mol. The smallest absolute Gasteiger partial charge is 0.321 e. The van der Waals surface area contributed by atoms with E-state index in [-0.39, 0.29) is 17.3 Å². The Labute approximate surface area is 161 Å². The van der Waals surface area contributed by atoms with Crippen LogP contribution in [0.15, 0.2) is 48.5 Å². The molecule has 3 rings (SSSR count). The van der Waals surface area contributed by atoms with Gasteiger partial charge in [0, 0.05) is 18.8 Å². The highest BCUT2D eigenvalue weighted by Crippen LogP contribution is 2.25. The second-order valence-electron chi connectivity index (χ2n) is 8.52. The van der Waals surface area contributed by atoms with Crippen LogP contribution in [0.1, 0.15) is 44.7 Å². The largest absolute Gasteiger partial charge is 0.325 e. The number of likely N-dealkylation sites (tertiary alicyclic amines) is 1. The van der Waals surface area contributed by atoms with Gasteiger partial charge >= 0.3 is 6.03 Å². The molecule has 4 heteroatoms. The molecule has 1 heterocycles. The number of hydrogen-bond donors (Lipinski definition) is 1. The van der Waals surface area contributed by atoms with E-state index in [2.05, 4.69) is 50.4 Å². The van der Waals surface area contributed by atoms with Crippen molar-refractivity contribution in [3.63, 3.8) is 0 Å². The van der Waals surface area contributed by atoms with Crippen molar-refractivity contribution in [1.29, 1.82) is 0 Å². The molecule has 1 fully saturated rings. The molecule has 0 atom stereocenters. The first-order valence-corrected chi connectivity index (χ1v) is 9.72. The number of hydrogen-bond acceptors (Lipinski definition) is 1. The SMILES string of the molecule is CC(C)(C)c1ccc(CC2CCN(C(=O)Nc3ccc(F)cc3)CC2)cc1. The number of amides is 2. The Kier molecular flexibility index (Phi) is 5.83. The number of carbonyl (C=O) groups excluding carboxylic acids is 1. The van der Waals surface area contributed by atoms with Gasteiger partial charge in [0.25, 0.3) is 0 Å². The molecule has 0 bridgehead atoms. The van der Waals surface area contributed by atoms with Gasteiger partial charge in [0.05, 0.1) is 0 Å². The minimum absolute atomic E-state index is 0.102. The summed E-state index contributed by atoms with van der Waals surface area (Å²) in [6.07, 6.45) is 3.09. The van der Waals surface area contributed by atoms with Crippen molar-refractivity contribution in [1.82, 2.24) is 4.90 Å². The molecule has 27 heavy (non-hydrogen) atoms. The van der Waals surface area contributed by atoms with Gasteiger partial charge < -0.3 is 10.2 Å². The lowest BCUT2D eigenvalue weighted by atomic mass is 9.85. The predicted octanol–water partition coefficient (Wildman–Crippen LogP) is 5.61. The van der Waals surface area contributed by atoms with Crippen molar-refractivity contribution in [2.75, 3.05) is 18.4 Å². The lowest BCUT2D eigenvalue weighted by Crippen LogP contribution is -2.41. The molecule has 0 aromatic heterocycles. The number of anilines is 1. The van der Waals surface area contributed by atoms with Crippen LogP contribution in [0, 0.1) is 11.7 Å². The highest BCUT2D eigenvalue weighted by Gasteiger charge is 2.23. The molecule has 0 unspecified atom stereocenters. The normalized spacial score (nSPS) is 15.6. The second kappa shape index (κ2) is 8.12. The van der Waals surface area contributed by atoms with E-state index in [1.807, 2.05) is 4.90 Å². The Hall–Kier alpha value is -2.36. The Morgan fingerprint density at radius 2 is 1.63 bits per heavy atom. The topological polar surface area (TPSA) is 32.3 Å². The van der Waals surface area contributed by atoms with Gasteiger partial charge in [-0.2, -0.15) is 0 Å². The maximum atomic E-state index is 13.0. The van der Waals surface area contributed by atoms with Gasteiger partial charge in [-0.15, -0.1) is 0 Å². The molecule has 1 aliphatic rings. The lowest BCUT2D eigenvalue weighted by molar-refractivity contribution is 0.182. The lowest BCUT2D eigenvalue weighted by Gasteiger charge is -2.32. The second-order valence-corrected chi connectivity index (χ2v) is 8.52. The van der Waals surface area contributed by atoms with Crippen molar-refractivity contribution < 1.29 is 9.18 Å². The number of nitrogens with one attached hydrogen (secondary N) is 1.